The monoisotopic (exact) mass is 903 g/mol. The number of anilines is 2. The topological polar surface area (TPSA) is 182 Å². The molecule has 2 aromatic heterocycles. The Balaban J connectivity index is 0.695. The summed E-state index contributed by atoms with van der Waals surface area (Å²) in [5.41, 5.74) is 1.36. The minimum absolute atomic E-state index is 0.135. The maximum Gasteiger partial charge on any atom is 0.278 e. The van der Waals surface area contributed by atoms with Gasteiger partial charge in [-0.25, -0.2) is 4.98 Å². The molecule has 4 saturated heterocycles. The summed E-state index contributed by atoms with van der Waals surface area (Å²) >= 11 is 6.26. The first-order valence-electron chi connectivity index (χ1n) is 23.0. The number of nitrogens with one attached hydrogen (secondary N) is 2. The second kappa shape index (κ2) is 18.0. The van der Waals surface area contributed by atoms with Crippen molar-refractivity contribution >= 4 is 51.7 Å². The van der Waals surface area contributed by atoms with Gasteiger partial charge in [0.05, 0.1) is 21.5 Å². The van der Waals surface area contributed by atoms with E-state index in [-0.39, 0.29) is 53.2 Å². The first kappa shape index (κ1) is 44.6. The molecule has 0 spiro atoms. The molecule has 342 valence electrons. The number of ether oxygens (including phenoxy) is 1. The molecular formula is C48H58ClN11O5. The van der Waals surface area contributed by atoms with Crippen LogP contribution < -0.4 is 30.7 Å². The number of hydrogen-bond acceptors (Lipinski definition) is 13. The van der Waals surface area contributed by atoms with Crippen LogP contribution in [0.25, 0.3) is 10.9 Å². The van der Waals surface area contributed by atoms with Crippen molar-refractivity contribution in [2.75, 3.05) is 68.7 Å². The predicted molar refractivity (Wildman–Crippen MR) is 247 cm³/mol. The van der Waals surface area contributed by atoms with Crippen LogP contribution in [0.1, 0.15) is 88.2 Å². The van der Waals surface area contributed by atoms with Crippen LogP contribution in [0.5, 0.6) is 5.75 Å². The maximum absolute atomic E-state index is 13.5. The molecule has 2 N–H and O–H groups in total. The van der Waals surface area contributed by atoms with Gasteiger partial charge in [-0.3, -0.25) is 29.4 Å². The van der Waals surface area contributed by atoms with Gasteiger partial charge < -0.3 is 24.8 Å². The normalized spacial score (nSPS) is 24.3. The van der Waals surface area contributed by atoms with Crippen molar-refractivity contribution in [3.05, 3.63) is 81.2 Å². The number of nitriles is 1. The molecule has 16 nitrogen and oxygen atoms in total. The fourth-order valence-electron chi connectivity index (χ4n) is 11.4. The third-order valence-corrected chi connectivity index (χ3v) is 15.1. The number of aromatic nitrogens is 4. The van der Waals surface area contributed by atoms with Crippen molar-refractivity contribution in [2.24, 2.45) is 16.7 Å². The van der Waals surface area contributed by atoms with Crippen LogP contribution in [0.4, 0.5) is 11.5 Å². The molecule has 6 heterocycles. The number of piperazine rings is 1. The first-order chi connectivity index (χ1) is 31.2. The third kappa shape index (κ3) is 8.90. The average Bonchev–Trinajstić information content (AvgIpc) is 3.31. The molecule has 0 bridgehead atoms. The zero-order valence-corrected chi connectivity index (χ0v) is 38.4. The molecular weight excluding hydrogens is 846 g/mol. The van der Waals surface area contributed by atoms with Crippen LogP contribution >= 0.6 is 11.6 Å². The number of fused-ring (bicyclic) bond motifs is 1. The Bertz CT molecular complexity index is 2540. The van der Waals surface area contributed by atoms with Crippen molar-refractivity contribution < 1.29 is 19.1 Å². The summed E-state index contributed by atoms with van der Waals surface area (Å²) in [5.74, 6) is 1.14. The van der Waals surface area contributed by atoms with Gasteiger partial charge in [-0.05, 0) is 80.5 Å². The summed E-state index contributed by atoms with van der Waals surface area (Å²) in [4.78, 5) is 65.5. The van der Waals surface area contributed by atoms with E-state index in [0.717, 1.165) is 101 Å². The molecule has 1 aliphatic carbocycles. The van der Waals surface area contributed by atoms with Crippen molar-refractivity contribution in [1.82, 2.24) is 40.4 Å². The SMILES string of the molecule is CC1(C)[C@H](NC(=O)c2ccc(N3CCC(CN4CCN(C5CCN(c6ccc7c(=O)n(C8CCC(=O)NC8=O)nnc7c6)CC5)CC4)CC3)nc2)C(C)(C)[C@H]1Oc1ccc(C#N)c(Cl)c1. The Kier molecular flexibility index (Phi) is 12.3. The molecule has 5 aliphatic rings. The molecule has 5 fully saturated rings. The van der Waals surface area contributed by atoms with Crippen LogP contribution in [0.2, 0.25) is 5.02 Å². The van der Waals surface area contributed by atoms with E-state index in [1.54, 1.807) is 30.5 Å². The number of halogens is 1. The highest BCUT2D eigenvalue weighted by atomic mass is 35.5. The first-order valence-corrected chi connectivity index (χ1v) is 23.4. The van der Waals surface area contributed by atoms with Gasteiger partial charge in [-0.1, -0.05) is 44.5 Å². The molecule has 1 unspecified atom stereocenters. The fourth-order valence-corrected chi connectivity index (χ4v) is 11.6. The fraction of sp³-hybridized carbons (Fsp3) is 0.542. The number of imide groups is 1. The van der Waals surface area contributed by atoms with Crippen LogP contribution in [0.15, 0.2) is 59.5 Å². The van der Waals surface area contributed by atoms with Gasteiger partial charge in [0.15, 0.2) is 0 Å². The molecule has 3 amide bonds. The number of carbonyl (C=O) groups is 3. The lowest BCUT2D eigenvalue weighted by Gasteiger charge is -2.63. The Morgan fingerprint density at radius 2 is 1.62 bits per heavy atom. The van der Waals surface area contributed by atoms with E-state index in [9.17, 15) is 24.4 Å². The van der Waals surface area contributed by atoms with Crippen molar-refractivity contribution in [1.29, 1.82) is 5.26 Å². The number of rotatable bonds is 10. The molecule has 17 heteroatoms. The summed E-state index contributed by atoms with van der Waals surface area (Å²) in [5, 5.41) is 23.9. The second-order valence-corrected chi connectivity index (χ2v) is 20.1. The second-order valence-electron chi connectivity index (χ2n) is 19.7. The number of piperidine rings is 3. The summed E-state index contributed by atoms with van der Waals surface area (Å²) in [7, 11) is 0. The maximum atomic E-state index is 13.5. The smallest absolute Gasteiger partial charge is 0.278 e. The van der Waals surface area contributed by atoms with E-state index < -0.39 is 11.9 Å². The number of carbonyl (C=O) groups excluding carboxylic acids is 3. The molecule has 4 aromatic rings. The van der Waals surface area contributed by atoms with Gasteiger partial charge in [-0.2, -0.15) is 9.94 Å². The van der Waals surface area contributed by atoms with E-state index in [0.29, 0.717) is 44.8 Å². The largest absolute Gasteiger partial charge is 0.489 e. The standard InChI is InChI=1S/C48H58ClN11O5/c1-47(2)45(48(3,4)46(47)65-35-8-5-31(27-50)37(49)26-35)53-42(62)32-6-11-40(51-28-32)59-17-13-30(14-18-59)29-56-21-23-58(24-22-56)33-15-19-57(20-16-33)34-7-9-36-38(25-34)54-55-60(44(36)64)39-10-12-41(61)52-43(39)63/h5-9,11,25-26,28,30,33,39,45-46H,10,12-24,29H2,1-4H3,(H,53,62)(H,52,61,63)/t39?,45-,46-. The van der Waals surface area contributed by atoms with Crippen molar-refractivity contribution in [2.45, 2.75) is 90.4 Å². The molecule has 1 saturated carbocycles. The Morgan fingerprint density at radius 1 is 0.892 bits per heavy atom. The highest BCUT2D eigenvalue weighted by Gasteiger charge is 2.64. The van der Waals surface area contributed by atoms with E-state index in [4.69, 9.17) is 21.3 Å². The molecule has 0 radical (unpaired) electrons. The molecule has 1 atom stereocenters. The van der Waals surface area contributed by atoms with Crippen LogP contribution in [-0.4, -0.2) is 125 Å². The van der Waals surface area contributed by atoms with Gasteiger partial charge >= 0.3 is 0 Å². The highest BCUT2D eigenvalue weighted by Crippen LogP contribution is 2.55. The summed E-state index contributed by atoms with van der Waals surface area (Å²) in [6.45, 7) is 17.6. The number of nitrogens with zero attached hydrogens (tertiary/aromatic N) is 9. The lowest BCUT2D eigenvalue weighted by atomic mass is 9.49. The Labute approximate surface area is 384 Å². The number of benzene rings is 2. The van der Waals surface area contributed by atoms with Gasteiger partial charge in [0.2, 0.25) is 5.91 Å². The van der Waals surface area contributed by atoms with Gasteiger partial charge in [0.25, 0.3) is 17.4 Å². The summed E-state index contributed by atoms with van der Waals surface area (Å²) in [6, 6.07) is 16.3. The molecule has 4 aliphatic heterocycles. The lowest BCUT2D eigenvalue weighted by molar-refractivity contribution is -0.164. The van der Waals surface area contributed by atoms with Gasteiger partial charge in [0.1, 0.15) is 35.3 Å². The van der Waals surface area contributed by atoms with Crippen molar-refractivity contribution in [3.63, 3.8) is 0 Å². The number of hydrogen-bond donors (Lipinski definition) is 2. The predicted octanol–water partition coefficient (Wildman–Crippen LogP) is 4.80. The minimum atomic E-state index is -0.837. The van der Waals surface area contributed by atoms with E-state index in [2.05, 4.69) is 74.3 Å². The van der Waals surface area contributed by atoms with Crippen molar-refractivity contribution in [3.8, 4) is 11.8 Å². The zero-order valence-electron chi connectivity index (χ0n) is 37.6. The third-order valence-electron chi connectivity index (χ3n) is 14.8. The van der Waals surface area contributed by atoms with E-state index in [1.165, 1.54) is 0 Å². The number of amides is 3. The van der Waals surface area contributed by atoms with Gasteiger partial charge in [0, 0.05) is 106 Å². The molecule has 65 heavy (non-hydrogen) atoms. The Hall–Kier alpha value is -5.63. The van der Waals surface area contributed by atoms with Crippen LogP contribution in [-0.2, 0) is 9.59 Å². The molecule has 9 rings (SSSR count). The molecule has 2 aromatic carbocycles. The zero-order chi connectivity index (χ0) is 45.6. The van der Waals surface area contributed by atoms with Crippen LogP contribution in [0.3, 0.4) is 0 Å². The summed E-state index contributed by atoms with van der Waals surface area (Å²) < 4.78 is 7.49. The minimum Gasteiger partial charge on any atom is -0.489 e. The van der Waals surface area contributed by atoms with Gasteiger partial charge in [-0.15, -0.1) is 5.10 Å². The number of pyridine rings is 1. The highest BCUT2D eigenvalue weighted by molar-refractivity contribution is 6.31. The van der Waals surface area contributed by atoms with E-state index in [1.807, 2.05) is 24.3 Å². The average molecular weight is 905 g/mol. The lowest BCUT2D eigenvalue weighted by Crippen LogP contribution is -2.74. The quantitative estimate of drug-likeness (QED) is 0.207. The Morgan fingerprint density at radius 3 is 2.28 bits per heavy atom. The summed E-state index contributed by atoms with van der Waals surface area (Å²) in [6.07, 6.45) is 6.28. The van der Waals surface area contributed by atoms with Crippen LogP contribution in [0, 0.1) is 28.1 Å². The van der Waals surface area contributed by atoms with E-state index >= 15 is 0 Å².